The van der Waals surface area contributed by atoms with Crippen LogP contribution in [-0.4, -0.2) is 18.4 Å². The largest absolute Gasteiger partial charge is 0.488 e. The van der Waals surface area contributed by atoms with Gasteiger partial charge in [0, 0.05) is 0 Å². The van der Waals surface area contributed by atoms with E-state index in [2.05, 4.69) is 10.9 Å². The van der Waals surface area contributed by atoms with E-state index in [1.807, 2.05) is 55.5 Å². The Labute approximate surface area is 169 Å². The van der Waals surface area contributed by atoms with Gasteiger partial charge in [0.1, 0.15) is 18.1 Å². The number of hydrogen-bond donors (Lipinski definition) is 2. The highest BCUT2D eigenvalue weighted by Gasteiger charge is 2.13. The summed E-state index contributed by atoms with van der Waals surface area (Å²) in [5.41, 5.74) is 6.98. The topological polar surface area (TPSA) is 76.7 Å². The van der Waals surface area contributed by atoms with Crippen LogP contribution in [0.2, 0.25) is 0 Å². The second-order valence-electron chi connectivity index (χ2n) is 6.33. The number of amides is 2. The zero-order chi connectivity index (χ0) is 20.5. The Bertz CT molecular complexity index is 973. The minimum absolute atomic E-state index is 0.211. The van der Waals surface area contributed by atoms with E-state index in [0.29, 0.717) is 23.7 Å². The van der Waals surface area contributed by atoms with E-state index in [0.717, 1.165) is 11.1 Å². The van der Waals surface area contributed by atoms with Crippen molar-refractivity contribution in [3.05, 3.63) is 95.6 Å². The number of rotatable bonds is 7. The molecule has 0 heterocycles. The number of carbonyl (C=O) groups excluding carboxylic acids is 2. The average molecular weight is 390 g/mol. The fourth-order valence-electron chi connectivity index (χ4n) is 2.61. The van der Waals surface area contributed by atoms with E-state index >= 15 is 0 Å². The number of hydrogen-bond acceptors (Lipinski definition) is 4. The number of ether oxygens (including phenoxy) is 2. The minimum atomic E-state index is -0.474. The molecule has 0 radical (unpaired) electrons. The van der Waals surface area contributed by atoms with E-state index < -0.39 is 11.8 Å². The maximum Gasteiger partial charge on any atom is 0.276 e. The molecular formula is C23H22N2O4. The molecule has 0 spiro atoms. The summed E-state index contributed by atoms with van der Waals surface area (Å²) in [6.07, 6.45) is 0. The van der Waals surface area contributed by atoms with E-state index in [1.54, 1.807) is 30.3 Å². The van der Waals surface area contributed by atoms with Crippen molar-refractivity contribution in [3.8, 4) is 11.5 Å². The molecule has 0 saturated heterocycles. The summed E-state index contributed by atoms with van der Waals surface area (Å²) in [6.45, 7) is 2.01. The summed E-state index contributed by atoms with van der Waals surface area (Å²) in [6, 6.07) is 23.9. The van der Waals surface area contributed by atoms with E-state index in [-0.39, 0.29) is 6.61 Å². The summed E-state index contributed by atoms with van der Waals surface area (Å²) in [5.74, 6) is 0.107. The predicted octanol–water partition coefficient (Wildman–Crippen LogP) is 3.41. The minimum Gasteiger partial charge on any atom is -0.488 e. The molecule has 0 aliphatic rings. The zero-order valence-electron chi connectivity index (χ0n) is 16.1. The molecule has 6 heteroatoms. The Morgan fingerprint density at radius 3 is 2.17 bits per heavy atom. The van der Waals surface area contributed by atoms with Gasteiger partial charge in [0.25, 0.3) is 11.8 Å². The predicted molar refractivity (Wildman–Crippen MR) is 109 cm³/mol. The van der Waals surface area contributed by atoms with Gasteiger partial charge in [-0.25, -0.2) is 0 Å². The third-order valence-electron chi connectivity index (χ3n) is 4.14. The van der Waals surface area contributed by atoms with Crippen LogP contribution in [-0.2, 0) is 11.4 Å². The molecule has 2 amide bonds. The molecule has 0 aliphatic heterocycles. The first kappa shape index (κ1) is 19.9. The van der Waals surface area contributed by atoms with Crippen molar-refractivity contribution in [1.82, 2.24) is 10.9 Å². The third kappa shape index (κ3) is 5.84. The summed E-state index contributed by atoms with van der Waals surface area (Å²) in [4.78, 5) is 24.4. The van der Waals surface area contributed by atoms with Crippen LogP contribution in [0.4, 0.5) is 0 Å². The van der Waals surface area contributed by atoms with Gasteiger partial charge >= 0.3 is 0 Å². The maximum absolute atomic E-state index is 12.5. The monoisotopic (exact) mass is 390 g/mol. The molecule has 148 valence electrons. The lowest BCUT2D eigenvalue weighted by molar-refractivity contribution is -0.123. The Kier molecular flexibility index (Phi) is 6.84. The summed E-state index contributed by atoms with van der Waals surface area (Å²) in [5, 5.41) is 0. The zero-order valence-corrected chi connectivity index (χ0v) is 16.1. The van der Waals surface area contributed by atoms with Gasteiger partial charge in [0.2, 0.25) is 0 Å². The van der Waals surface area contributed by atoms with Crippen molar-refractivity contribution in [2.24, 2.45) is 0 Å². The molecule has 3 aromatic rings. The molecule has 29 heavy (non-hydrogen) atoms. The first-order chi connectivity index (χ1) is 14.1. The van der Waals surface area contributed by atoms with Crippen LogP contribution in [0.25, 0.3) is 0 Å². The number of nitrogens with one attached hydrogen (secondary N) is 2. The lowest BCUT2D eigenvalue weighted by atomic mass is 10.2. The van der Waals surface area contributed by atoms with Crippen LogP contribution in [0.1, 0.15) is 21.5 Å². The quantitative estimate of drug-likeness (QED) is 0.606. The number of aryl methyl sites for hydroxylation is 1. The molecule has 3 aromatic carbocycles. The Morgan fingerprint density at radius 2 is 1.41 bits per heavy atom. The number of benzene rings is 3. The van der Waals surface area contributed by atoms with Gasteiger partial charge in [-0.15, -0.1) is 0 Å². The van der Waals surface area contributed by atoms with Crippen molar-refractivity contribution < 1.29 is 19.1 Å². The van der Waals surface area contributed by atoms with E-state index in [1.165, 1.54) is 0 Å². The van der Waals surface area contributed by atoms with Crippen LogP contribution in [0.5, 0.6) is 11.5 Å². The van der Waals surface area contributed by atoms with Gasteiger partial charge in [-0.2, -0.15) is 0 Å². The third-order valence-corrected chi connectivity index (χ3v) is 4.14. The molecule has 0 atom stereocenters. The van der Waals surface area contributed by atoms with Crippen LogP contribution in [0.3, 0.4) is 0 Å². The fraction of sp³-hybridized carbons (Fsp3) is 0.130. The molecular weight excluding hydrogens is 368 g/mol. The normalized spacial score (nSPS) is 10.1. The molecule has 2 N–H and O–H groups in total. The first-order valence-corrected chi connectivity index (χ1v) is 9.17. The first-order valence-electron chi connectivity index (χ1n) is 9.17. The molecule has 0 aromatic heterocycles. The summed E-state index contributed by atoms with van der Waals surface area (Å²) >= 11 is 0. The van der Waals surface area contributed by atoms with E-state index in [4.69, 9.17) is 9.47 Å². The summed E-state index contributed by atoms with van der Waals surface area (Å²) in [7, 11) is 0. The van der Waals surface area contributed by atoms with Crippen LogP contribution < -0.4 is 20.3 Å². The molecule has 0 fully saturated rings. The summed E-state index contributed by atoms with van der Waals surface area (Å²) < 4.78 is 11.2. The van der Waals surface area contributed by atoms with Crippen molar-refractivity contribution in [2.45, 2.75) is 13.5 Å². The van der Waals surface area contributed by atoms with Crippen LogP contribution in [0, 0.1) is 6.92 Å². The molecule has 0 unspecified atom stereocenters. The molecule has 3 rings (SSSR count). The van der Waals surface area contributed by atoms with Gasteiger partial charge in [0.15, 0.2) is 6.61 Å². The number of para-hydroxylation sites is 2. The van der Waals surface area contributed by atoms with Gasteiger partial charge in [-0.1, -0.05) is 60.7 Å². The van der Waals surface area contributed by atoms with Crippen molar-refractivity contribution >= 4 is 11.8 Å². The van der Waals surface area contributed by atoms with Gasteiger partial charge < -0.3 is 9.47 Å². The second-order valence-corrected chi connectivity index (χ2v) is 6.33. The maximum atomic E-state index is 12.5. The Morgan fingerprint density at radius 1 is 0.759 bits per heavy atom. The fourth-order valence-corrected chi connectivity index (χ4v) is 2.61. The van der Waals surface area contributed by atoms with Gasteiger partial charge in [0.05, 0.1) is 5.56 Å². The highest BCUT2D eigenvalue weighted by Crippen LogP contribution is 2.19. The van der Waals surface area contributed by atoms with E-state index in [9.17, 15) is 9.59 Å². The lowest BCUT2D eigenvalue weighted by Crippen LogP contribution is -2.44. The molecule has 0 saturated carbocycles. The van der Waals surface area contributed by atoms with Crippen LogP contribution in [0.15, 0.2) is 78.9 Å². The highest BCUT2D eigenvalue weighted by molar-refractivity contribution is 5.97. The Hall–Kier alpha value is -3.80. The molecule has 0 aliphatic carbocycles. The highest BCUT2D eigenvalue weighted by atomic mass is 16.5. The van der Waals surface area contributed by atoms with Crippen LogP contribution >= 0.6 is 0 Å². The van der Waals surface area contributed by atoms with Crippen molar-refractivity contribution in [1.29, 1.82) is 0 Å². The standard InChI is InChI=1S/C23H22N2O4/c1-17-9-5-7-13-20(17)29-16-22(26)24-25-23(27)19-12-6-8-14-21(19)28-15-18-10-3-2-4-11-18/h2-14H,15-16H2,1H3,(H,24,26)(H,25,27). The number of hydrazine groups is 1. The SMILES string of the molecule is Cc1ccccc1OCC(=O)NNC(=O)c1ccccc1OCc1ccccc1. The van der Waals surface area contributed by atoms with Gasteiger partial charge in [-0.3, -0.25) is 20.4 Å². The number of carbonyl (C=O) groups is 2. The lowest BCUT2D eigenvalue weighted by Gasteiger charge is -2.13. The van der Waals surface area contributed by atoms with Crippen molar-refractivity contribution in [2.75, 3.05) is 6.61 Å². The van der Waals surface area contributed by atoms with Gasteiger partial charge in [-0.05, 0) is 36.2 Å². The van der Waals surface area contributed by atoms with Crippen molar-refractivity contribution in [3.63, 3.8) is 0 Å². The molecule has 0 bridgehead atoms. The average Bonchev–Trinajstić information content (AvgIpc) is 2.76. The second kappa shape index (κ2) is 9.94. The molecule has 6 nitrogen and oxygen atoms in total. The smallest absolute Gasteiger partial charge is 0.276 e. The Balaban J connectivity index is 1.52.